The van der Waals surface area contributed by atoms with Crippen LogP contribution in [-0.4, -0.2) is 30.5 Å². The van der Waals surface area contributed by atoms with Gasteiger partial charge in [0.15, 0.2) is 5.65 Å². The van der Waals surface area contributed by atoms with E-state index in [-0.39, 0.29) is 11.9 Å². The van der Waals surface area contributed by atoms with Crippen molar-refractivity contribution in [3.05, 3.63) is 35.8 Å². The van der Waals surface area contributed by atoms with Crippen LogP contribution in [0.4, 0.5) is 5.82 Å². The summed E-state index contributed by atoms with van der Waals surface area (Å²) >= 11 is 0. The summed E-state index contributed by atoms with van der Waals surface area (Å²) in [7, 11) is 0. The van der Waals surface area contributed by atoms with Crippen LogP contribution in [-0.2, 0) is 0 Å². The summed E-state index contributed by atoms with van der Waals surface area (Å²) in [4.78, 5) is 18.1. The fourth-order valence-corrected chi connectivity index (χ4v) is 4.23. The Kier molecular flexibility index (Phi) is 4.18. The summed E-state index contributed by atoms with van der Waals surface area (Å²) < 4.78 is 3.88. The molecule has 2 fully saturated rings. The zero-order chi connectivity index (χ0) is 19.3. The molecule has 0 aromatic carbocycles. The Morgan fingerprint density at radius 2 is 1.96 bits per heavy atom. The first kappa shape index (κ1) is 17.4. The van der Waals surface area contributed by atoms with E-state index in [1.807, 2.05) is 21.5 Å². The lowest BCUT2D eigenvalue weighted by Gasteiger charge is -2.15. The molecule has 3 aromatic heterocycles. The molecule has 3 aromatic rings. The third-order valence-electron chi connectivity index (χ3n) is 5.90. The number of nitrogens with one attached hydrogen (secondary N) is 1. The standard InChI is InChI=1S/C21H26N6O/c1-13(2)26-20-17(12-23-26)16(11-18(24-20)14-7-8-14)21(28)25-19-9-10-22-27(19)15-5-3-4-6-15/h9-15H,3-8H2,1-2H3,(H,25,28). The number of amides is 1. The zero-order valence-corrected chi connectivity index (χ0v) is 16.4. The first-order valence-corrected chi connectivity index (χ1v) is 10.3. The van der Waals surface area contributed by atoms with Gasteiger partial charge in [-0.2, -0.15) is 10.2 Å². The number of rotatable bonds is 5. The van der Waals surface area contributed by atoms with Crippen molar-refractivity contribution in [3.8, 4) is 0 Å². The van der Waals surface area contributed by atoms with Gasteiger partial charge >= 0.3 is 0 Å². The van der Waals surface area contributed by atoms with Crippen molar-refractivity contribution in [2.45, 2.75) is 70.4 Å². The number of pyridine rings is 1. The number of aromatic nitrogens is 5. The fraction of sp³-hybridized carbons (Fsp3) is 0.524. The quantitative estimate of drug-likeness (QED) is 0.711. The van der Waals surface area contributed by atoms with E-state index in [9.17, 15) is 4.79 Å². The maximum Gasteiger partial charge on any atom is 0.257 e. The van der Waals surface area contributed by atoms with Crippen molar-refractivity contribution in [1.29, 1.82) is 0 Å². The van der Waals surface area contributed by atoms with Crippen molar-refractivity contribution in [3.63, 3.8) is 0 Å². The highest BCUT2D eigenvalue weighted by molar-refractivity contribution is 6.11. The number of hydrogen-bond acceptors (Lipinski definition) is 4. The van der Waals surface area contributed by atoms with Gasteiger partial charge < -0.3 is 5.32 Å². The molecule has 2 saturated carbocycles. The molecule has 0 bridgehead atoms. The van der Waals surface area contributed by atoms with E-state index >= 15 is 0 Å². The highest BCUT2D eigenvalue weighted by Crippen LogP contribution is 2.40. The SMILES string of the molecule is CC(C)n1ncc2c(C(=O)Nc3ccnn3C3CCCC3)cc(C3CC3)nc21. The molecule has 7 nitrogen and oxygen atoms in total. The van der Waals surface area contributed by atoms with Crippen LogP contribution < -0.4 is 5.32 Å². The predicted molar refractivity (Wildman–Crippen MR) is 108 cm³/mol. The molecule has 3 heterocycles. The van der Waals surface area contributed by atoms with Gasteiger partial charge in [0.05, 0.1) is 29.4 Å². The molecule has 5 rings (SSSR count). The molecular weight excluding hydrogens is 352 g/mol. The minimum Gasteiger partial charge on any atom is -0.307 e. The first-order chi connectivity index (χ1) is 13.6. The molecule has 7 heteroatoms. The maximum absolute atomic E-state index is 13.3. The Morgan fingerprint density at radius 3 is 2.68 bits per heavy atom. The smallest absolute Gasteiger partial charge is 0.257 e. The molecular formula is C21H26N6O. The normalized spacial score (nSPS) is 17.7. The van der Waals surface area contributed by atoms with Crippen molar-refractivity contribution in [2.24, 2.45) is 0 Å². The number of anilines is 1. The topological polar surface area (TPSA) is 77.6 Å². The number of carbonyl (C=O) groups excluding carboxylic acids is 1. The average molecular weight is 378 g/mol. The van der Waals surface area contributed by atoms with Crippen LogP contribution in [0.25, 0.3) is 11.0 Å². The molecule has 28 heavy (non-hydrogen) atoms. The van der Waals surface area contributed by atoms with Gasteiger partial charge in [0.2, 0.25) is 0 Å². The van der Waals surface area contributed by atoms with Gasteiger partial charge in [-0.1, -0.05) is 12.8 Å². The Balaban J connectivity index is 1.52. The average Bonchev–Trinajstić information content (AvgIpc) is 3.08. The zero-order valence-electron chi connectivity index (χ0n) is 16.4. The van der Waals surface area contributed by atoms with Crippen LogP contribution in [0.5, 0.6) is 0 Å². The highest BCUT2D eigenvalue weighted by atomic mass is 16.1. The van der Waals surface area contributed by atoms with Gasteiger partial charge in [-0.15, -0.1) is 0 Å². The van der Waals surface area contributed by atoms with Crippen molar-refractivity contribution < 1.29 is 4.79 Å². The number of fused-ring (bicyclic) bond motifs is 1. The Hall–Kier alpha value is -2.70. The molecule has 0 radical (unpaired) electrons. The summed E-state index contributed by atoms with van der Waals surface area (Å²) in [6.45, 7) is 4.16. The molecule has 0 saturated heterocycles. The summed E-state index contributed by atoms with van der Waals surface area (Å²) in [5.74, 6) is 1.12. The first-order valence-electron chi connectivity index (χ1n) is 10.3. The molecule has 0 spiro atoms. The third kappa shape index (κ3) is 2.99. The second kappa shape index (κ2) is 6.72. The van der Waals surface area contributed by atoms with Crippen LogP contribution in [0.3, 0.4) is 0 Å². The predicted octanol–water partition coefficient (Wildman–Crippen LogP) is 4.45. The van der Waals surface area contributed by atoms with Crippen LogP contribution in [0.15, 0.2) is 24.5 Å². The van der Waals surface area contributed by atoms with Crippen LogP contribution >= 0.6 is 0 Å². The van der Waals surface area contributed by atoms with Crippen molar-refractivity contribution >= 4 is 22.8 Å². The second-order valence-corrected chi connectivity index (χ2v) is 8.34. The molecule has 0 atom stereocenters. The number of nitrogens with zero attached hydrogens (tertiary/aromatic N) is 5. The van der Waals surface area contributed by atoms with Crippen LogP contribution in [0, 0.1) is 0 Å². The van der Waals surface area contributed by atoms with E-state index in [0.29, 0.717) is 17.5 Å². The summed E-state index contributed by atoms with van der Waals surface area (Å²) in [6, 6.07) is 4.42. The fourth-order valence-electron chi connectivity index (χ4n) is 4.23. The lowest BCUT2D eigenvalue weighted by Crippen LogP contribution is -2.18. The van der Waals surface area contributed by atoms with Gasteiger partial charge in [-0.3, -0.25) is 4.79 Å². The Labute approximate surface area is 164 Å². The Morgan fingerprint density at radius 1 is 1.18 bits per heavy atom. The van der Waals surface area contributed by atoms with E-state index in [1.54, 1.807) is 12.4 Å². The van der Waals surface area contributed by atoms with Gasteiger partial charge in [0, 0.05) is 23.7 Å². The summed E-state index contributed by atoms with van der Waals surface area (Å²) in [5, 5.41) is 12.9. The number of hydrogen-bond donors (Lipinski definition) is 1. The minimum absolute atomic E-state index is 0.114. The molecule has 1 amide bonds. The molecule has 0 aliphatic heterocycles. The lowest BCUT2D eigenvalue weighted by molar-refractivity contribution is 0.102. The van der Waals surface area contributed by atoms with Gasteiger partial charge in [-0.05, 0) is 45.6 Å². The minimum atomic E-state index is -0.114. The highest BCUT2D eigenvalue weighted by Gasteiger charge is 2.29. The van der Waals surface area contributed by atoms with Crippen molar-refractivity contribution in [1.82, 2.24) is 24.5 Å². The summed E-state index contributed by atoms with van der Waals surface area (Å²) in [6.07, 6.45) is 10.5. The van der Waals surface area contributed by atoms with Crippen molar-refractivity contribution in [2.75, 3.05) is 5.32 Å². The van der Waals surface area contributed by atoms with Crippen LogP contribution in [0.1, 0.15) is 86.4 Å². The van der Waals surface area contributed by atoms with E-state index in [1.165, 1.54) is 12.8 Å². The number of carbonyl (C=O) groups is 1. The molecule has 2 aliphatic carbocycles. The monoisotopic (exact) mass is 378 g/mol. The van der Waals surface area contributed by atoms with E-state index in [2.05, 4.69) is 29.4 Å². The molecule has 2 aliphatic rings. The van der Waals surface area contributed by atoms with E-state index in [4.69, 9.17) is 4.98 Å². The molecule has 1 N–H and O–H groups in total. The van der Waals surface area contributed by atoms with Crippen LogP contribution in [0.2, 0.25) is 0 Å². The van der Waals surface area contributed by atoms with Gasteiger partial charge in [0.25, 0.3) is 5.91 Å². The maximum atomic E-state index is 13.3. The largest absolute Gasteiger partial charge is 0.307 e. The lowest BCUT2D eigenvalue weighted by atomic mass is 10.1. The second-order valence-electron chi connectivity index (χ2n) is 8.34. The van der Waals surface area contributed by atoms with E-state index < -0.39 is 0 Å². The van der Waals surface area contributed by atoms with E-state index in [0.717, 1.165) is 48.2 Å². The van der Waals surface area contributed by atoms with Gasteiger partial charge in [-0.25, -0.2) is 14.3 Å². The third-order valence-corrected chi connectivity index (χ3v) is 5.90. The Bertz CT molecular complexity index is 1020. The molecule has 0 unspecified atom stereocenters. The molecule has 146 valence electrons. The summed E-state index contributed by atoms with van der Waals surface area (Å²) in [5.41, 5.74) is 2.45. The van der Waals surface area contributed by atoms with Gasteiger partial charge in [0.1, 0.15) is 5.82 Å².